The maximum absolute atomic E-state index is 12.9. The number of hydrogen-bond acceptors (Lipinski definition) is 2. The highest BCUT2D eigenvalue weighted by molar-refractivity contribution is 7.85. The minimum Gasteiger partial charge on any atom is -0.313 e. The van der Waals surface area contributed by atoms with Crippen LogP contribution in [-0.2, 0) is 10.8 Å². The molecule has 0 aromatic heterocycles. The van der Waals surface area contributed by atoms with E-state index < -0.39 is 16.6 Å². The largest absolute Gasteiger partial charge is 0.313 e. The molecule has 0 aliphatic heterocycles. The molecule has 0 bridgehead atoms. The second kappa shape index (κ2) is 5.25. The summed E-state index contributed by atoms with van der Waals surface area (Å²) in [5.41, 5.74) is 0. The molecule has 1 unspecified atom stereocenters. The van der Waals surface area contributed by atoms with Gasteiger partial charge in [-0.25, -0.2) is 4.39 Å². The second-order valence-electron chi connectivity index (χ2n) is 3.85. The minimum atomic E-state index is -1.10. The molecule has 0 saturated heterocycles. The molecule has 0 radical (unpaired) electrons. The summed E-state index contributed by atoms with van der Waals surface area (Å²) in [4.78, 5) is 0.587. The van der Waals surface area contributed by atoms with E-state index in [2.05, 4.69) is 5.32 Å². The number of rotatable bonds is 5. The lowest BCUT2D eigenvalue weighted by Gasteiger charge is -2.04. The van der Waals surface area contributed by atoms with Crippen molar-refractivity contribution >= 4 is 22.4 Å². The highest BCUT2D eigenvalue weighted by atomic mass is 35.5. The normalized spacial score (nSPS) is 17.4. The van der Waals surface area contributed by atoms with E-state index in [-0.39, 0.29) is 5.02 Å². The molecule has 88 valence electrons. The third kappa shape index (κ3) is 3.27. The predicted octanol–water partition coefficient (Wildman–Crippen LogP) is 2.34. The maximum Gasteiger partial charge on any atom is 0.141 e. The van der Waals surface area contributed by atoms with E-state index in [1.54, 1.807) is 0 Å². The first-order valence-corrected chi connectivity index (χ1v) is 6.93. The van der Waals surface area contributed by atoms with Crippen molar-refractivity contribution in [2.75, 3.05) is 12.3 Å². The van der Waals surface area contributed by atoms with Gasteiger partial charge in [0.15, 0.2) is 0 Å². The molecule has 1 aromatic rings. The first-order chi connectivity index (χ1) is 7.66. The zero-order chi connectivity index (χ0) is 11.5. The lowest BCUT2D eigenvalue weighted by molar-refractivity contribution is 0.626. The van der Waals surface area contributed by atoms with Gasteiger partial charge >= 0.3 is 0 Å². The Morgan fingerprint density at radius 2 is 2.25 bits per heavy atom. The van der Waals surface area contributed by atoms with Crippen molar-refractivity contribution in [1.82, 2.24) is 5.32 Å². The molecule has 16 heavy (non-hydrogen) atoms. The molecule has 1 aliphatic rings. The average Bonchev–Trinajstić information content (AvgIpc) is 3.06. The van der Waals surface area contributed by atoms with E-state index in [1.807, 2.05) is 0 Å². The number of benzene rings is 1. The van der Waals surface area contributed by atoms with Gasteiger partial charge in [-0.1, -0.05) is 11.6 Å². The van der Waals surface area contributed by atoms with Crippen LogP contribution in [0.3, 0.4) is 0 Å². The highest BCUT2D eigenvalue weighted by Crippen LogP contribution is 2.19. The number of nitrogens with one attached hydrogen (secondary N) is 1. The first kappa shape index (κ1) is 12.0. The van der Waals surface area contributed by atoms with Gasteiger partial charge in [0.05, 0.1) is 15.8 Å². The molecule has 2 rings (SSSR count). The van der Waals surface area contributed by atoms with Crippen molar-refractivity contribution in [2.24, 2.45) is 0 Å². The Kier molecular flexibility index (Phi) is 3.95. The zero-order valence-electron chi connectivity index (χ0n) is 8.71. The van der Waals surface area contributed by atoms with Crippen LogP contribution >= 0.6 is 11.6 Å². The smallest absolute Gasteiger partial charge is 0.141 e. The van der Waals surface area contributed by atoms with Crippen LogP contribution in [0.25, 0.3) is 0 Å². The van der Waals surface area contributed by atoms with Gasteiger partial charge in [0.25, 0.3) is 0 Å². The van der Waals surface area contributed by atoms with E-state index in [0.29, 0.717) is 16.7 Å². The van der Waals surface area contributed by atoms with Gasteiger partial charge < -0.3 is 5.32 Å². The van der Waals surface area contributed by atoms with Crippen LogP contribution in [0.5, 0.6) is 0 Å². The minimum absolute atomic E-state index is 0.0287. The molecule has 1 atom stereocenters. The molecule has 2 nitrogen and oxygen atoms in total. The Labute approximate surface area is 102 Å². The van der Waals surface area contributed by atoms with Gasteiger partial charge in [-0.15, -0.1) is 0 Å². The molecule has 1 aliphatic carbocycles. The molecule has 0 amide bonds. The summed E-state index contributed by atoms with van der Waals surface area (Å²) in [6.45, 7) is 0.728. The van der Waals surface area contributed by atoms with Crippen molar-refractivity contribution in [3.63, 3.8) is 0 Å². The Morgan fingerprint density at radius 3 is 2.88 bits per heavy atom. The number of halogens is 2. The molecule has 1 aromatic carbocycles. The fourth-order valence-corrected chi connectivity index (χ4v) is 2.63. The third-order valence-corrected chi connectivity index (χ3v) is 4.10. The average molecular weight is 262 g/mol. The molecule has 5 heteroatoms. The SMILES string of the molecule is O=S(CCNC1CC1)c1ccc(F)c(Cl)c1. The lowest BCUT2D eigenvalue weighted by Crippen LogP contribution is -2.22. The van der Waals surface area contributed by atoms with E-state index in [9.17, 15) is 8.60 Å². The van der Waals surface area contributed by atoms with E-state index in [4.69, 9.17) is 11.6 Å². The van der Waals surface area contributed by atoms with Gasteiger partial charge in [0, 0.05) is 23.2 Å². The van der Waals surface area contributed by atoms with Gasteiger partial charge in [0.1, 0.15) is 5.82 Å². The van der Waals surface area contributed by atoms with E-state index in [0.717, 1.165) is 6.54 Å². The Morgan fingerprint density at radius 1 is 1.50 bits per heavy atom. The summed E-state index contributed by atoms with van der Waals surface area (Å²) < 4.78 is 24.7. The van der Waals surface area contributed by atoms with Crippen LogP contribution in [0.4, 0.5) is 4.39 Å². The summed E-state index contributed by atoms with van der Waals surface area (Å²) in [6, 6.07) is 4.83. The zero-order valence-corrected chi connectivity index (χ0v) is 10.3. The molecular weight excluding hydrogens is 249 g/mol. The van der Waals surface area contributed by atoms with Gasteiger partial charge in [0.2, 0.25) is 0 Å². The van der Waals surface area contributed by atoms with Crippen molar-refractivity contribution in [2.45, 2.75) is 23.8 Å². The van der Waals surface area contributed by atoms with Crippen molar-refractivity contribution in [1.29, 1.82) is 0 Å². The third-order valence-electron chi connectivity index (χ3n) is 2.45. The van der Waals surface area contributed by atoms with Gasteiger partial charge in [-0.2, -0.15) is 0 Å². The molecular formula is C11H13ClFNOS. The standard InChI is InChI=1S/C11H13ClFNOS/c12-10-7-9(3-4-11(10)13)16(15)6-5-14-8-1-2-8/h3-4,7-8,14H,1-2,5-6H2. The Bertz CT molecular complexity index is 409. The van der Waals surface area contributed by atoms with Crippen molar-refractivity contribution in [3.05, 3.63) is 29.0 Å². The monoisotopic (exact) mass is 261 g/mol. The van der Waals surface area contributed by atoms with Crippen LogP contribution < -0.4 is 5.32 Å². The van der Waals surface area contributed by atoms with Crippen LogP contribution in [-0.4, -0.2) is 22.5 Å². The predicted molar refractivity (Wildman–Crippen MR) is 63.7 cm³/mol. The van der Waals surface area contributed by atoms with Gasteiger partial charge in [-0.05, 0) is 31.0 Å². The maximum atomic E-state index is 12.9. The van der Waals surface area contributed by atoms with Crippen molar-refractivity contribution in [3.8, 4) is 0 Å². The summed E-state index contributed by atoms with van der Waals surface area (Å²) in [5.74, 6) is 0.0665. The van der Waals surface area contributed by atoms with Gasteiger partial charge in [-0.3, -0.25) is 4.21 Å². The van der Waals surface area contributed by atoms with E-state index >= 15 is 0 Å². The molecule has 1 fully saturated rings. The number of hydrogen-bond donors (Lipinski definition) is 1. The second-order valence-corrected chi connectivity index (χ2v) is 5.83. The fourth-order valence-electron chi connectivity index (χ4n) is 1.38. The highest BCUT2D eigenvalue weighted by Gasteiger charge is 2.20. The van der Waals surface area contributed by atoms with Crippen LogP contribution in [0.2, 0.25) is 5.02 Å². The van der Waals surface area contributed by atoms with E-state index in [1.165, 1.54) is 31.0 Å². The summed E-state index contributed by atoms with van der Waals surface area (Å²) in [5, 5.41) is 3.31. The summed E-state index contributed by atoms with van der Waals surface area (Å²) in [6.07, 6.45) is 2.43. The molecule has 1 N–H and O–H groups in total. The van der Waals surface area contributed by atoms with Crippen LogP contribution in [0.15, 0.2) is 23.1 Å². The Balaban J connectivity index is 1.88. The fraction of sp³-hybridized carbons (Fsp3) is 0.455. The molecule has 1 saturated carbocycles. The topological polar surface area (TPSA) is 29.1 Å². The lowest BCUT2D eigenvalue weighted by atomic mass is 10.3. The first-order valence-electron chi connectivity index (χ1n) is 5.23. The van der Waals surface area contributed by atoms with Crippen LogP contribution in [0.1, 0.15) is 12.8 Å². The molecule has 0 spiro atoms. The summed E-state index contributed by atoms with van der Waals surface area (Å²) >= 11 is 5.63. The Hall–Kier alpha value is -0.450. The molecule has 0 heterocycles. The van der Waals surface area contributed by atoms with Crippen LogP contribution in [0, 0.1) is 5.82 Å². The quantitative estimate of drug-likeness (QED) is 0.882. The van der Waals surface area contributed by atoms with Crippen molar-refractivity contribution < 1.29 is 8.60 Å². The summed E-state index contributed by atoms with van der Waals surface area (Å²) in [7, 11) is -1.10.